The maximum absolute atomic E-state index is 12.8. The van der Waals surface area contributed by atoms with Gasteiger partial charge in [0, 0.05) is 38.2 Å². The number of nitrogens with one attached hydrogen (secondary N) is 2. The molecule has 0 aromatic heterocycles. The summed E-state index contributed by atoms with van der Waals surface area (Å²) < 4.78 is 0. The smallest absolute Gasteiger partial charge is 0.321 e. The molecule has 1 heterocycles. The molecule has 1 unspecified atom stereocenters. The Kier molecular flexibility index (Phi) is 6.69. The molecule has 1 atom stereocenters. The molecule has 5 heteroatoms. The summed E-state index contributed by atoms with van der Waals surface area (Å²) in [5, 5.41) is 5.65. The lowest BCUT2D eigenvalue weighted by atomic mass is 9.90. The molecule has 2 aromatic rings. The van der Waals surface area contributed by atoms with Crippen molar-refractivity contribution in [2.75, 3.05) is 25.5 Å². The van der Waals surface area contributed by atoms with Crippen LogP contribution in [-0.2, 0) is 11.2 Å². The van der Waals surface area contributed by atoms with Crippen LogP contribution in [0.1, 0.15) is 41.9 Å². The number of hydrogen-bond donors (Lipinski definition) is 2. The number of aryl methyl sites for hydroxylation is 2. The highest BCUT2D eigenvalue weighted by Gasteiger charge is 2.24. The van der Waals surface area contributed by atoms with Gasteiger partial charge in [0.2, 0.25) is 5.91 Å². The molecule has 2 aromatic carbocycles. The van der Waals surface area contributed by atoms with Gasteiger partial charge in [-0.15, -0.1) is 0 Å². The second kappa shape index (κ2) is 9.40. The molecular formula is C23H29N3O2. The summed E-state index contributed by atoms with van der Waals surface area (Å²) in [7, 11) is 1.64. The Hall–Kier alpha value is -2.82. The number of rotatable bonds is 5. The lowest BCUT2D eigenvalue weighted by Crippen LogP contribution is -2.41. The Morgan fingerprint density at radius 2 is 1.96 bits per heavy atom. The Morgan fingerprint density at radius 1 is 1.14 bits per heavy atom. The molecule has 148 valence electrons. The van der Waals surface area contributed by atoms with E-state index in [1.165, 1.54) is 11.1 Å². The van der Waals surface area contributed by atoms with Crippen LogP contribution in [0.25, 0.3) is 0 Å². The molecule has 0 bridgehead atoms. The number of carbonyl (C=O) groups is 2. The van der Waals surface area contributed by atoms with Crippen molar-refractivity contribution in [1.82, 2.24) is 10.2 Å². The van der Waals surface area contributed by atoms with Crippen molar-refractivity contribution in [3.63, 3.8) is 0 Å². The second-order valence-electron chi connectivity index (χ2n) is 7.50. The molecule has 5 nitrogen and oxygen atoms in total. The molecular weight excluding hydrogens is 350 g/mol. The average molecular weight is 380 g/mol. The minimum absolute atomic E-state index is 0.0185. The summed E-state index contributed by atoms with van der Waals surface area (Å²) in [6, 6.07) is 16.3. The van der Waals surface area contributed by atoms with Crippen molar-refractivity contribution in [2.24, 2.45) is 0 Å². The first-order valence-corrected chi connectivity index (χ1v) is 9.97. The summed E-state index contributed by atoms with van der Waals surface area (Å²) in [5.41, 5.74) is 4.39. The molecule has 0 spiro atoms. The number of carbonyl (C=O) groups excluding carboxylic acids is 2. The topological polar surface area (TPSA) is 61.4 Å². The third-order valence-corrected chi connectivity index (χ3v) is 5.32. The number of hydrogen-bond acceptors (Lipinski definition) is 2. The summed E-state index contributed by atoms with van der Waals surface area (Å²) in [6.45, 7) is 3.63. The highest BCUT2D eigenvalue weighted by atomic mass is 16.2. The number of anilines is 1. The Bertz CT molecular complexity index is 834. The zero-order chi connectivity index (χ0) is 19.9. The summed E-state index contributed by atoms with van der Waals surface area (Å²) in [6.07, 6.45) is 3.22. The number of amides is 3. The molecule has 1 aliphatic heterocycles. The first-order chi connectivity index (χ1) is 13.5. The van der Waals surface area contributed by atoms with Crippen molar-refractivity contribution in [3.05, 3.63) is 65.2 Å². The number of piperidine rings is 1. The van der Waals surface area contributed by atoms with E-state index in [-0.39, 0.29) is 11.9 Å². The van der Waals surface area contributed by atoms with E-state index >= 15 is 0 Å². The minimum atomic E-state index is -0.0548. The van der Waals surface area contributed by atoms with Crippen LogP contribution in [0.2, 0.25) is 0 Å². The van der Waals surface area contributed by atoms with Crippen molar-refractivity contribution in [1.29, 1.82) is 0 Å². The Morgan fingerprint density at radius 3 is 2.75 bits per heavy atom. The van der Waals surface area contributed by atoms with E-state index in [2.05, 4.69) is 41.8 Å². The zero-order valence-corrected chi connectivity index (χ0v) is 16.7. The monoisotopic (exact) mass is 379 g/mol. The van der Waals surface area contributed by atoms with Gasteiger partial charge in [-0.1, -0.05) is 42.0 Å². The predicted molar refractivity (Wildman–Crippen MR) is 113 cm³/mol. The van der Waals surface area contributed by atoms with Crippen LogP contribution in [0.4, 0.5) is 10.5 Å². The lowest BCUT2D eigenvalue weighted by Gasteiger charge is -2.33. The van der Waals surface area contributed by atoms with Crippen LogP contribution in [0, 0.1) is 6.92 Å². The minimum Gasteiger partial charge on any atom is -0.359 e. The van der Waals surface area contributed by atoms with Gasteiger partial charge in [0.15, 0.2) is 0 Å². The molecule has 2 N–H and O–H groups in total. The van der Waals surface area contributed by atoms with Crippen LogP contribution in [-0.4, -0.2) is 37.0 Å². The summed E-state index contributed by atoms with van der Waals surface area (Å²) in [4.78, 5) is 26.1. The van der Waals surface area contributed by atoms with Gasteiger partial charge >= 0.3 is 6.03 Å². The Balaban J connectivity index is 1.60. The third-order valence-electron chi connectivity index (χ3n) is 5.32. The summed E-state index contributed by atoms with van der Waals surface area (Å²) in [5.74, 6) is 0.406. The van der Waals surface area contributed by atoms with E-state index in [1.807, 2.05) is 29.2 Å². The van der Waals surface area contributed by atoms with Gasteiger partial charge in [0.1, 0.15) is 0 Å². The van der Waals surface area contributed by atoms with Crippen molar-refractivity contribution in [3.8, 4) is 0 Å². The van der Waals surface area contributed by atoms with Gasteiger partial charge in [-0.3, -0.25) is 4.79 Å². The van der Waals surface area contributed by atoms with E-state index in [1.54, 1.807) is 7.05 Å². The Labute approximate surface area is 167 Å². The van der Waals surface area contributed by atoms with Crippen LogP contribution in [0.5, 0.6) is 0 Å². The molecule has 1 saturated heterocycles. The van der Waals surface area contributed by atoms with E-state index < -0.39 is 0 Å². The normalized spacial score (nSPS) is 16.5. The highest BCUT2D eigenvalue weighted by Crippen LogP contribution is 2.28. The van der Waals surface area contributed by atoms with Gasteiger partial charge < -0.3 is 15.5 Å². The van der Waals surface area contributed by atoms with Crippen LogP contribution in [0.3, 0.4) is 0 Å². The molecule has 1 aliphatic rings. The maximum atomic E-state index is 12.8. The predicted octanol–water partition coefficient (Wildman–Crippen LogP) is 4.09. The fourth-order valence-electron chi connectivity index (χ4n) is 3.75. The van der Waals surface area contributed by atoms with Gasteiger partial charge in [0.25, 0.3) is 0 Å². The molecule has 0 aliphatic carbocycles. The maximum Gasteiger partial charge on any atom is 0.321 e. The van der Waals surface area contributed by atoms with Crippen LogP contribution < -0.4 is 10.6 Å². The standard InChI is InChI=1S/C23H29N3O2/c1-17-6-3-8-19(14-17)20-9-5-13-26(16-20)23(28)25-21-10-4-7-18(15-21)11-12-22(27)24-2/h3-4,6-8,10,14-15,20H,5,9,11-13,16H2,1-2H3,(H,24,27)(H,25,28). The average Bonchev–Trinajstić information content (AvgIpc) is 2.72. The lowest BCUT2D eigenvalue weighted by molar-refractivity contribution is -0.120. The summed E-state index contributed by atoms with van der Waals surface area (Å²) >= 11 is 0. The number of nitrogens with zero attached hydrogens (tertiary/aromatic N) is 1. The molecule has 3 rings (SSSR count). The SMILES string of the molecule is CNC(=O)CCc1cccc(NC(=O)N2CCCC(c3cccc(C)c3)C2)c1. The first kappa shape index (κ1) is 19.9. The van der Waals surface area contributed by atoms with Gasteiger partial charge in [0.05, 0.1) is 0 Å². The van der Waals surface area contributed by atoms with Crippen molar-refractivity contribution < 1.29 is 9.59 Å². The van der Waals surface area contributed by atoms with Crippen LogP contribution in [0.15, 0.2) is 48.5 Å². The van der Waals surface area contributed by atoms with Crippen molar-refractivity contribution >= 4 is 17.6 Å². The van der Waals surface area contributed by atoms with Crippen molar-refractivity contribution in [2.45, 2.75) is 38.5 Å². The quantitative estimate of drug-likeness (QED) is 0.822. The molecule has 0 radical (unpaired) electrons. The molecule has 28 heavy (non-hydrogen) atoms. The first-order valence-electron chi connectivity index (χ1n) is 9.97. The van der Waals surface area contributed by atoms with Crippen LogP contribution >= 0.6 is 0 Å². The van der Waals surface area contributed by atoms with Gasteiger partial charge in [-0.25, -0.2) is 4.79 Å². The van der Waals surface area contributed by atoms with Gasteiger partial charge in [-0.2, -0.15) is 0 Å². The number of urea groups is 1. The fourth-order valence-corrected chi connectivity index (χ4v) is 3.75. The third kappa shape index (κ3) is 5.35. The van der Waals surface area contributed by atoms with E-state index in [9.17, 15) is 9.59 Å². The van der Waals surface area contributed by atoms with Gasteiger partial charge in [-0.05, 0) is 49.4 Å². The number of benzene rings is 2. The largest absolute Gasteiger partial charge is 0.359 e. The van der Waals surface area contributed by atoms with E-state index in [0.29, 0.717) is 18.8 Å². The number of likely N-dealkylation sites (tertiary alicyclic amines) is 1. The zero-order valence-electron chi connectivity index (χ0n) is 16.7. The molecule has 3 amide bonds. The van der Waals surface area contributed by atoms with E-state index in [4.69, 9.17) is 0 Å². The second-order valence-corrected chi connectivity index (χ2v) is 7.50. The van der Waals surface area contributed by atoms with E-state index in [0.717, 1.165) is 37.2 Å². The highest BCUT2D eigenvalue weighted by molar-refractivity contribution is 5.89. The molecule has 1 fully saturated rings. The fraction of sp³-hybridized carbons (Fsp3) is 0.391. The molecule has 0 saturated carbocycles.